The standard InChI is InChI=1S/C28H30N2O6/c1-26(2,3)23(31)21-20(16-11-13-18(34-6)14-12-16)28(24(32)35-27(4,5)36-25(28)33)22-19-10-8-7-9-17(19)15-29-30(21)22/h7-15,20-22H,1-6H3/t20-,21+,22+/m0/s1. The minimum Gasteiger partial charge on any atom is -0.497 e. The van der Waals surface area contributed by atoms with Gasteiger partial charge in [-0.25, -0.2) is 0 Å². The summed E-state index contributed by atoms with van der Waals surface area (Å²) < 4.78 is 16.8. The predicted molar refractivity (Wildman–Crippen MR) is 131 cm³/mol. The molecule has 5 rings (SSSR count). The summed E-state index contributed by atoms with van der Waals surface area (Å²) in [5, 5.41) is 6.28. The molecule has 36 heavy (non-hydrogen) atoms. The monoisotopic (exact) mass is 490 g/mol. The molecule has 3 atom stereocenters. The van der Waals surface area contributed by atoms with Crippen LogP contribution >= 0.6 is 0 Å². The van der Waals surface area contributed by atoms with Gasteiger partial charge >= 0.3 is 11.9 Å². The summed E-state index contributed by atoms with van der Waals surface area (Å²) in [6.07, 6.45) is 1.67. The molecule has 188 valence electrons. The van der Waals surface area contributed by atoms with Crippen LogP contribution < -0.4 is 4.74 Å². The van der Waals surface area contributed by atoms with Crippen LogP contribution in [0.4, 0.5) is 0 Å². The van der Waals surface area contributed by atoms with Crippen molar-refractivity contribution in [3.8, 4) is 5.75 Å². The Morgan fingerprint density at radius 3 is 2.19 bits per heavy atom. The van der Waals surface area contributed by atoms with Crippen LogP contribution in [0.25, 0.3) is 0 Å². The topological polar surface area (TPSA) is 94.5 Å². The van der Waals surface area contributed by atoms with E-state index >= 15 is 0 Å². The van der Waals surface area contributed by atoms with Gasteiger partial charge in [0.2, 0.25) is 5.41 Å². The van der Waals surface area contributed by atoms with E-state index in [1.54, 1.807) is 42.6 Å². The number of hydrogen-bond donors (Lipinski definition) is 0. The Hall–Kier alpha value is -3.68. The van der Waals surface area contributed by atoms with E-state index in [1.165, 1.54) is 13.8 Å². The van der Waals surface area contributed by atoms with E-state index in [4.69, 9.17) is 14.2 Å². The fourth-order valence-electron chi connectivity index (χ4n) is 5.64. The molecule has 0 unspecified atom stereocenters. The van der Waals surface area contributed by atoms with E-state index in [9.17, 15) is 14.4 Å². The van der Waals surface area contributed by atoms with Crippen molar-refractivity contribution in [2.75, 3.05) is 7.11 Å². The average Bonchev–Trinajstić information content (AvgIpc) is 3.13. The van der Waals surface area contributed by atoms with Gasteiger partial charge in [-0.1, -0.05) is 57.2 Å². The fourth-order valence-corrected chi connectivity index (χ4v) is 5.64. The number of Topliss-reactive ketones (excluding diaryl/α,β-unsaturated/α-hetero) is 1. The molecule has 2 aromatic rings. The maximum absolute atomic E-state index is 14.1. The second-order valence-electron chi connectivity index (χ2n) is 11.0. The van der Waals surface area contributed by atoms with Crippen molar-refractivity contribution in [3.05, 3.63) is 65.2 Å². The Kier molecular flexibility index (Phi) is 5.28. The van der Waals surface area contributed by atoms with Crippen molar-refractivity contribution in [1.29, 1.82) is 0 Å². The number of cyclic esters (lactones) is 2. The number of fused-ring (bicyclic) bond motifs is 4. The Morgan fingerprint density at radius 2 is 1.61 bits per heavy atom. The smallest absolute Gasteiger partial charge is 0.330 e. The number of ketones is 1. The van der Waals surface area contributed by atoms with Crippen LogP contribution in [0.1, 0.15) is 63.3 Å². The van der Waals surface area contributed by atoms with Crippen molar-refractivity contribution < 1.29 is 28.6 Å². The molecule has 0 N–H and O–H groups in total. The maximum Gasteiger partial charge on any atom is 0.330 e. The van der Waals surface area contributed by atoms with Gasteiger partial charge < -0.3 is 14.2 Å². The number of methoxy groups -OCH3 is 1. The average molecular weight is 491 g/mol. The first-order valence-corrected chi connectivity index (χ1v) is 12.0. The number of hydrogen-bond acceptors (Lipinski definition) is 8. The lowest BCUT2D eigenvalue weighted by Crippen LogP contribution is -2.58. The van der Waals surface area contributed by atoms with Gasteiger partial charge in [0.15, 0.2) is 5.78 Å². The van der Waals surface area contributed by atoms with E-state index < -0.39 is 46.6 Å². The predicted octanol–water partition coefficient (Wildman–Crippen LogP) is 3.99. The van der Waals surface area contributed by atoms with E-state index in [0.717, 1.165) is 5.56 Å². The summed E-state index contributed by atoms with van der Waals surface area (Å²) in [7, 11) is 1.56. The molecule has 2 fully saturated rings. The third-order valence-electron chi connectivity index (χ3n) is 7.24. The molecule has 0 radical (unpaired) electrons. The number of nitrogens with zero attached hydrogens (tertiary/aromatic N) is 2. The zero-order valence-corrected chi connectivity index (χ0v) is 21.3. The van der Waals surface area contributed by atoms with Crippen LogP contribution in [0.2, 0.25) is 0 Å². The SMILES string of the molecule is COc1ccc([C@H]2[C@H](C(=O)C(C)(C)C)N3N=Cc4ccccc4[C@@H]3C23C(=O)OC(C)(C)OC3=O)cc1. The molecule has 3 heterocycles. The normalized spacial score (nSPS) is 25.6. The van der Waals surface area contributed by atoms with Gasteiger partial charge in [0.25, 0.3) is 5.79 Å². The summed E-state index contributed by atoms with van der Waals surface area (Å²) in [4.78, 5) is 42.3. The number of carbonyl (C=O) groups excluding carboxylic acids is 3. The lowest BCUT2D eigenvalue weighted by atomic mass is 9.64. The minimum atomic E-state index is -1.86. The summed E-state index contributed by atoms with van der Waals surface area (Å²) in [6, 6.07) is 12.7. The molecular formula is C28H30N2O6. The van der Waals surface area contributed by atoms with Crippen LogP contribution in [0.5, 0.6) is 5.75 Å². The van der Waals surface area contributed by atoms with Gasteiger partial charge in [0, 0.05) is 25.2 Å². The van der Waals surface area contributed by atoms with Crippen molar-refractivity contribution >= 4 is 23.9 Å². The first-order valence-electron chi connectivity index (χ1n) is 12.0. The molecule has 2 saturated heterocycles. The Morgan fingerprint density at radius 1 is 1.00 bits per heavy atom. The van der Waals surface area contributed by atoms with Gasteiger partial charge in [0.05, 0.1) is 13.3 Å². The number of esters is 2. The van der Waals surface area contributed by atoms with E-state index in [-0.39, 0.29) is 5.78 Å². The van der Waals surface area contributed by atoms with Crippen molar-refractivity contribution in [3.63, 3.8) is 0 Å². The van der Waals surface area contributed by atoms with E-state index in [1.807, 2.05) is 45.0 Å². The highest BCUT2D eigenvalue weighted by atomic mass is 16.7. The molecule has 0 saturated carbocycles. The summed E-state index contributed by atoms with van der Waals surface area (Å²) in [5.74, 6) is -3.34. The van der Waals surface area contributed by atoms with Gasteiger partial charge in [-0.3, -0.25) is 19.4 Å². The summed E-state index contributed by atoms with van der Waals surface area (Å²) in [5.41, 5.74) is -0.540. The molecule has 8 heteroatoms. The van der Waals surface area contributed by atoms with E-state index in [0.29, 0.717) is 16.9 Å². The number of rotatable bonds is 3. The molecule has 0 aromatic heterocycles. The Labute approximate surface area is 210 Å². The number of carbonyl (C=O) groups is 3. The fraction of sp³-hybridized carbons (Fsp3) is 0.429. The largest absolute Gasteiger partial charge is 0.497 e. The number of hydrazone groups is 1. The Balaban J connectivity index is 1.83. The van der Waals surface area contributed by atoms with Gasteiger partial charge in [-0.15, -0.1) is 0 Å². The zero-order valence-electron chi connectivity index (χ0n) is 21.3. The van der Waals surface area contributed by atoms with Crippen LogP contribution in [0, 0.1) is 10.8 Å². The summed E-state index contributed by atoms with van der Waals surface area (Å²) in [6.45, 7) is 8.51. The van der Waals surface area contributed by atoms with Crippen molar-refractivity contribution in [2.45, 2.75) is 58.4 Å². The highest BCUT2D eigenvalue weighted by Gasteiger charge is 2.75. The zero-order chi connectivity index (χ0) is 26.0. The molecule has 1 spiro atoms. The lowest BCUT2D eigenvalue weighted by Gasteiger charge is -2.44. The van der Waals surface area contributed by atoms with E-state index in [2.05, 4.69) is 5.10 Å². The molecule has 0 bridgehead atoms. The van der Waals surface area contributed by atoms with Crippen molar-refractivity contribution in [2.24, 2.45) is 15.9 Å². The molecule has 3 aliphatic rings. The Bertz CT molecular complexity index is 1250. The number of ether oxygens (including phenoxy) is 3. The lowest BCUT2D eigenvalue weighted by molar-refractivity contribution is -0.254. The highest BCUT2D eigenvalue weighted by molar-refractivity contribution is 6.07. The van der Waals surface area contributed by atoms with Crippen molar-refractivity contribution in [1.82, 2.24) is 5.01 Å². The second-order valence-corrected chi connectivity index (χ2v) is 11.0. The number of benzene rings is 2. The third kappa shape index (κ3) is 3.34. The quantitative estimate of drug-likeness (QED) is 0.474. The first-order chi connectivity index (χ1) is 16.9. The van der Waals surface area contributed by atoms with Gasteiger partial charge in [-0.05, 0) is 28.8 Å². The second kappa shape index (κ2) is 7.91. The molecule has 0 aliphatic carbocycles. The maximum atomic E-state index is 14.1. The van der Waals surface area contributed by atoms with Gasteiger partial charge in [0.1, 0.15) is 17.8 Å². The van der Waals surface area contributed by atoms with Crippen LogP contribution in [-0.4, -0.2) is 47.9 Å². The van der Waals surface area contributed by atoms with Crippen LogP contribution in [0.15, 0.2) is 53.6 Å². The highest BCUT2D eigenvalue weighted by Crippen LogP contribution is 2.63. The molecule has 0 amide bonds. The van der Waals surface area contributed by atoms with Gasteiger partial charge in [-0.2, -0.15) is 5.10 Å². The summed E-state index contributed by atoms with van der Waals surface area (Å²) >= 11 is 0. The molecular weight excluding hydrogens is 460 g/mol. The minimum absolute atomic E-state index is 0.146. The first kappa shape index (κ1) is 24.0. The molecule has 2 aromatic carbocycles. The van der Waals surface area contributed by atoms with Crippen LogP contribution in [-0.2, 0) is 23.9 Å². The van der Waals surface area contributed by atoms with Crippen LogP contribution in [0.3, 0.4) is 0 Å². The molecule has 8 nitrogen and oxygen atoms in total. The third-order valence-corrected chi connectivity index (χ3v) is 7.24. The molecule has 3 aliphatic heterocycles.